The van der Waals surface area contributed by atoms with E-state index < -0.39 is 15.8 Å². The van der Waals surface area contributed by atoms with E-state index in [-0.39, 0.29) is 16.3 Å². The van der Waals surface area contributed by atoms with Crippen molar-refractivity contribution >= 4 is 37.3 Å². The number of hydrogen-bond donors (Lipinski definition) is 2. The van der Waals surface area contributed by atoms with Crippen molar-refractivity contribution < 1.29 is 12.8 Å². The smallest absolute Gasteiger partial charge is 0.264 e. The van der Waals surface area contributed by atoms with Crippen LogP contribution in [0.15, 0.2) is 51.8 Å². The van der Waals surface area contributed by atoms with Gasteiger partial charge in [0.15, 0.2) is 0 Å². The summed E-state index contributed by atoms with van der Waals surface area (Å²) in [6.07, 6.45) is 0. The molecule has 0 atom stereocenters. The average molecular weight is 345 g/mol. The second-order valence-electron chi connectivity index (χ2n) is 3.77. The van der Waals surface area contributed by atoms with E-state index in [0.717, 1.165) is 0 Å². The van der Waals surface area contributed by atoms with Crippen molar-refractivity contribution in [2.24, 2.45) is 0 Å². The lowest BCUT2D eigenvalue weighted by atomic mass is 10.3. The fourth-order valence-corrected chi connectivity index (χ4v) is 3.07. The van der Waals surface area contributed by atoms with Gasteiger partial charge >= 0.3 is 0 Å². The first-order valence-electron chi connectivity index (χ1n) is 5.22. The average Bonchev–Trinajstić information content (AvgIpc) is 2.31. The van der Waals surface area contributed by atoms with E-state index in [4.69, 9.17) is 5.73 Å². The molecule has 0 amide bonds. The lowest BCUT2D eigenvalue weighted by Gasteiger charge is -2.10. The van der Waals surface area contributed by atoms with E-state index in [0.29, 0.717) is 4.47 Å². The molecule has 3 N–H and O–H groups in total. The maximum absolute atomic E-state index is 13.4. The first kappa shape index (κ1) is 13.8. The molecule has 0 aliphatic carbocycles. The predicted octanol–water partition coefficient (Wildman–Crippen LogP) is 2.97. The van der Waals surface area contributed by atoms with Gasteiger partial charge in [-0.3, -0.25) is 4.72 Å². The number of sulfonamides is 1. The molecule has 0 saturated heterocycles. The number of para-hydroxylation sites is 1. The van der Waals surface area contributed by atoms with Crippen LogP contribution < -0.4 is 10.5 Å². The number of hydrogen-bond acceptors (Lipinski definition) is 3. The Balaban J connectivity index is 2.41. The van der Waals surface area contributed by atoms with E-state index in [1.165, 1.54) is 36.4 Å². The second kappa shape index (κ2) is 5.18. The van der Waals surface area contributed by atoms with Gasteiger partial charge in [-0.15, -0.1) is 0 Å². The van der Waals surface area contributed by atoms with E-state index in [1.54, 1.807) is 6.07 Å². The Bertz CT molecular complexity index is 719. The molecule has 0 aliphatic rings. The summed E-state index contributed by atoms with van der Waals surface area (Å²) in [5.74, 6) is -0.651. The van der Waals surface area contributed by atoms with Crippen LogP contribution in [0.4, 0.5) is 15.8 Å². The van der Waals surface area contributed by atoms with Gasteiger partial charge in [0, 0.05) is 4.47 Å². The van der Waals surface area contributed by atoms with E-state index in [1.807, 2.05) is 0 Å². The molecule has 0 aliphatic heterocycles. The fourth-order valence-electron chi connectivity index (χ4n) is 1.51. The molecule has 0 saturated carbocycles. The van der Waals surface area contributed by atoms with Crippen LogP contribution in [-0.4, -0.2) is 8.42 Å². The highest BCUT2D eigenvalue weighted by Crippen LogP contribution is 2.25. The lowest BCUT2D eigenvalue weighted by molar-refractivity contribution is 0.599. The van der Waals surface area contributed by atoms with Crippen molar-refractivity contribution in [2.75, 3.05) is 10.5 Å². The molecule has 7 heteroatoms. The van der Waals surface area contributed by atoms with Crippen LogP contribution in [0, 0.1) is 5.82 Å². The van der Waals surface area contributed by atoms with Gasteiger partial charge < -0.3 is 5.73 Å². The molecule has 2 aromatic rings. The maximum atomic E-state index is 13.4. The van der Waals surface area contributed by atoms with E-state index in [9.17, 15) is 12.8 Å². The summed E-state index contributed by atoms with van der Waals surface area (Å²) in [4.78, 5) is -0.0982. The molecular weight excluding hydrogens is 335 g/mol. The monoisotopic (exact) mass is 344 g/mol. The highest BCUT2D eigenvalue weighted by atomic mass is 79.9. The highest BCUT2D eigenvalue weighted by Gasteiger charge is 2.18. The van der Waals surface area contributed by atoms with Crippen LogP contribution in [0.3, 0.4) is 0 Å². The second-order valence-corrected chi connectivity index (χ2v) is 6.33. The summed E-state index contributed by atoms with van der Waals surface area (Å²) >= 11 is 3.19. The number of nitrogens with one attached hydrogen (secondary N) is 1. The first-order chi connectivity index (χ1) is 8.90. The lowest BCUT2D eigenvalue weighted by Crippen LogP contribution is -2.15. The number of nitrogen functional groups attached to an aromatic ring is 1. The van der Waals surface area contributed by atoms with Gasteiger partial charge in [-0.2, -0.15) is 0 Å². The van der Waals surface area contributed by atoms with Crippen molar-refractivity contribution in [2.45, 2.75) is 4.90 Å². The van der Waals surface area contributed by atoms with Gasteiger partial charge in [0.05, 0.1) is 11.4 Å². The minimum absolute atomic E-state index is 0.0817. The summed E-state index contributed by atoms with van der Waals surface area (Å²) in [5.41, 5.74) is 5.62. The minimum atomic E-state index is -3.92. The standard InChI is InChI=1S/C12H10BrFN2O2S/c13-8-5-6-12(10(15)7-8)19(17,18)16-11-4-2-1-3-9(11)14/h1-7,16H,15H2. The van der Waals surface area contributed by atoms with Gasteiger partial charge in [-0.1, -0.05) is 28.1 Å². The topological polar surface area (TPSA) is 72.2 Å². The van der Waals surface area contributed by atoms with Crippen molar-refractivity contribution in [3.63, 3.8) is 0 Å². The predicted molar refractivity (Wildman–Crippen MR) is 75.8 cm³/mol. The summed E-state index contributed by atoms with van der Waals surface area (Å²) in [5, 5.41) is 0. The Labute approximate surface area is 118 Å². The summed E-state index contributed by atoms with van der Waals surface area (Å²) in [6.45, 7) is 0. The highest BCUT2D eigenvalue weighted by molar-refractivity contribution is 9.10. The van der Waals surface area contributed by atoms with Gasteiger partial charge in [0.1, 0.15) is 10.7 Å². The molecule has 0 unspecified atom stereocenters. The van der Waals surface area contributed by atoms with Crippen LogP contribution in [0.25, 0.3) is 0 Å². The molecular formula is C12H10BrFN2O2S. The first-order valence-corrected chi connectivity index (χ1v) is 7.50. The molecule has 2 rings (SSSR count). The number of benzene rings is 2. The molecule has 0 spiro atoms. The molecule has 19 heavy (non-hydrogen) atoms. The summed E-state index contributed by atoms with van der Waals surface area (Å²) in [6, 6.07) is 9.88. The molecule has 0 aromatic heterocycles. The molecule has 2 aromatic carbocycles. The Morgan fingerprint density at radius 2 is 1.84 bits per heavy atom. The molecule has 0 radical (unpaired) electrons. The number of halogens is 2. The van der Waals surface area contributed by atoms with Crippen LogP contribution >= 0.6 is 15.9 Å². The fraction of sp³-hybridized carbons (Fsp3) is 0. The zero-order valence-electron chi connectivity index (χ0n) is 9.60. The van der Waals surface area contributed by atoms with E-state index in [2.05, 4.69) is 20.7 Å². The van der Waals surface area contributed by atoms with Crippen LogP contribution in [-0.2, 0) is 10.0 Å². The zero-order valence-corrected chi connectivity index (χ0v) is 12.0. The number of nitrogens with two attached hydrogens (primary N) is 1. The largest absolute Gasteiger partial charge is 0.398 e. The third-order valence-electron chi connectivity index (χ3n) is 2.38. The maximum Gasteiger partial charge on any atom is 0.264 e. The Hall–Kier alpha value is -1.60. The van der Waals surface area contributed by atoms with Crippen LogP contribution in [0.2, 0.25) is 0 Å². The normalized spacial score (nSPS) is 11.3. The van der Waals surface area contributed by atoms with E-state index >= 15 is 0 Å². The van der Waals surface area contributed by atoms with Crippen molar-refractivity contribution in [1.82, 2.24) is 0 Å². The summed E-state index contributed by atoms with van der Waals surface area (Å²) < 4.78 is 40.5. The zero-order chi connectivity index (χ0) is 14.0. The van der Waals surface area contributed by atoms with Crippen LogP contribution in [0.5, 0.6) is 0 Å². The third kappa shape index (κ3) is 3.05. The van der Waals surface area contributed by atoms with Gasteiger partial charge in [-0.25, -0.2) is 12.8 Å². The van der Waals surface area contributed by atoms with Crippen LogP contribution in [0.1, 0.15) is 0 Å². The Morgan fingerprint density at radius 1 is 1.16 bits per heavy atom. The number of rotatable bonds is 3. The summed E-state index contributed by atoms with van der Waals surface area (Å²) in [7, 11) is -3.92. The van der Waals surface area contributed by atoms with Crippen molar-refractivity contribution in [1.29, 1.82) is 0 Å². The van der Waals surface area contributed by atoms with Crippen molar-refractivity contribution in [3.8, 4) is 0 Å². The van der Waals surface area contributed by atoms with Gasteiger partial charge in [0.2, 0.25) is 0 Å². The quantitative estimate of drug-likeness (QED) is 0.840. The molecule has 0 fully saturated rings. The molecule has 0 heterocycles. The van der Waals surface area contributed by atoms with Gasteiger partial charge in [0.25, 0.3) is 10.0 Å². The molecule has 4 nitrogen and oxygen atoms in total. The van der Waals surface area contributed by atoms with Gasteiger partial charge in [-0.05, 0) is 30.3 Å². The molecule has 100 valence electrons. The minimum Gasteiger partial charge on any atom is -0.398 e. The molecule has 0 bridgehead atoms. The SMILES string of the molecule is Nc1cc(Br)ccc1S(=O)(=O)Nc1ccccc1F. The Morgan fingerprint density at radius 3 is 2.47 bits per heavy atom. The van der Waals surface area contributed by atoms with Crippen molar-refractivity contribution in [3.05, 3.63) is 52.8 Å². The third-order valence-corrected chi connectivity index (χ3v) is 4.31. The Kier molecular flexibility index (Phi) is 3.77. The number of anilines is 2.